The van der Waals surface area contributed by atoms with Gasteiger partial charge in [-0.2, -0.15) is 0 Å². The molecule has 0 radical (unpaired) electrons. The third-order valence-corrected chi connectivity index (χ3v) is 4.22. The second-order valence-electron chi connectivity index (χ2n) is 4.13. The Hall–Kier alpha value is -0.393. The van der Waals surface area contributed by atoms with Crippen molar-refractivity contribution >= 4 is 18.3 Å². The summed E-state index contributed by atoms with van der Waals surface area (Å²) in [6.07, 6.45) is 0. The molecule has 0 aliphatic heterocycles. The second-order valence-corrected chi connectivity index (χ2v) is 7.54. The second kappa shape index (κ2) is 8.80. The van der Waals surface area contributed by atoms with Gasteiger partial charge in [-0.25, -0.2) is 0 Å². The summed E-state index contributed by atoms with van der Waals surface area (Å²) in [4.78, 5) is 0. The average molecular weight is 298 g/mol. The summed E-state index contributed by atoms with van der Waals surface area (Å²) in [6, 6.07) is 19.8. The molecule has 0 atom stereocenters. The first kappa shape index (κ1) is 17.7. The fraction of sp³-hybridized carbons (Fsp3) is 0.133. The van der Waals surface area contributed by atoms with Gasteiger partial charge in [-0.1, -0.05) is 72.5 Å². The van der Waals surface area contributed by atoms with Crippen molar-refractivity contribution < 1.29 is 27.9 Å². The summed E-state index contributed by atoms with van der Waals surface area (Å²) in [5.74, 6) is 0. The average Bonchev–Trinajstić information content (AvgIpc) is 2.46. The van der Waals surface area contributed by atoms with Crippen molar-refractivity contribution in [3.05, 3.63) is 78.5 Å². The minimum Gasteiger partial charge on any atom is -0.350 e. The molecular weight excluding hydrogens is 282 g/mol. The zero-order chi connectivity index (χ0) is 13.6. The normalized spacial score (nSPS) is 10.8. The number of rotatable bonds is 6. The molecule has 5 heteroatoms. The predicted octanol–water partition coefficient (Wildman–Crippen LogP) is 1.53. The summed E-state index contributed by atoms with van der Waals surface area (Å²) in [7, 11) is 0. The van der Waals surface area contributed by atoms with Gasteiger partial charge in [0.2, 0.25) is 0 Å². The van der Waals surface area contributed by atoms with Crippen LogP contribution in [0.1, 0.15) is 11.1 Å². The van der Waals surface area contributed by atoms with Crippen molar-refractivity contribution in [2.75, 3.05) is 0 Å². The first-order valence-electron chi connectivity index (χ1n) is 5.97. The van der Waals surface area contributed by atoms with Crippen molar-refractivity contribution in [3.8, 4) is 0 Å². The zero-order valence-corrected chi connectivity index (χ0v) is 13.3. The SMILES string of the molecule is [CH2-]P(=S)(OCc1ccccc1)OCc1ccccc1.[Li+]. The number of hydrogen-bond donors (Lipinski definition) is 0. The molecule has 0 saturated heterocycles. The standard InChI is InChI=1S/C15H16O2PS.Li/c1-18(19,16-12-14-8-4-2-5-9-14)17-13-15-10-6-3-7-11-15;/h2-11H,1,12-13H2;/q-1;+1. The molecule has 2 aromatic rings. The molecule has 20 heavy (non-hydrogen) atoms. The van der Waals surface area contributed by atoms with E-state index in [2.05, 4.69) is 6.66 Å². The molecule has 0 heterocycles. The Labute approximate surface area is 137 Å². The van der Waals surface area contributed by atoms with E-state index in [4.69, 9.17) is 20.9 Å². The van der Waals surface area contributed by atoms with Crippen LogP contribution in [0.25, 0.3) is 0 Å². The fourth-order valence-electron chi connectivity index (χ4n) is 1.53. The Kier molecular flexibility index (Phi) is 7.77. The van der Waals surface area contributed by atoms with E-state index in [1.807, 2.05) is 60.7 Å². The Balaban J connectivity index is 0.00000200. The summed E-state index contributed by atoms with van der Waals surface area (Å²) in [5.41, 5.74) is 2.15. The van der Waals surface area contributed by atoms with E-state index in [1.165, 1.54) is 0 Å². The molecule has 0 saturated carbocycles. The van der Waals surface area contributed by atoms with E-state index in [-0.39, 0.29) is 18.9 Å². The molecule has 0 aromatic heterocycles. The maximum atomic E-state index is 5.63. The molecule has 0 unspecified atom stereocenters. The Bertz CT molecular complexity index is 501. The minimum absolute atomic E-state index is 0. The van der Waals surface area contributed by atoms with Gasteiger partial charge in [0.15, 0.2) is 0 Å². The van der Waals surface area contributed by atoms with Gasteiger partial charge in [-0.05, 0) is 11.1 Å². The van der Waals surface area contributed by atoms with Crippen LogP contribution in [0.5, 0.6) is 0 Å². The summed E-state index contributed by atoms with van der Waals surface area (Å²) in [5, 5.41) is 0. The van der Waals surface area contributed by atoms with Gasteiger partial charge in [-0.3, -0.25) is 6.66 Å². The fourth-order valence-corrected chi connectivity index (χ4v) is 2.61. The van der Waals surface area contributed by atoms with Crippen molar-refractivity contribution in [2.45, 2.75) is 13.2 Å². The molecule has 0 fully saturated rings. The predicted molar refractivity (Wildman–Crippen MR) is 82.1 cm³/mol. The summed E-state index contributed by atoms with van der Waals surface area (Å²) < 4.78 is 11.3. The van der Waals surface area contributed by atoms with Gasteiger partial charge in [-0.15, -0.1) is 0 Å². The first-order chi connectivity index (χ1) is 9.16. The van der Waals surface area contributed by atoms with Crippen LogP contribution in [0.2, 0.25) is 0 Å². The zero-order valence-electron chi connectivity index (χ0n) is 11.6. The molecule has 2 rings (SSSR count). The van der Waals surface area contributed by atoms with Crippen LogP contribution in [0, 0.1) is 6.66 Å². The molecular formula is C15H16LiO2PS. The van der Waals surface area contributed by atoms with Crippen LogP contribution >= 0.6 is 6.49 Å². The third-order valence-electron chi connectivity index (χ3n) is 2.54. The molecule has 2 nitrogen and oxygen atoms in total. The molecule has 0 N–H and O–H groups in total. The van der Waals surface area contributed by atoms with E-state index in [1.54, 1.807) is 0 Å². The maximum absolute atomic E-state index is 5.63. The van der Waals surface area contributed by atoms with Gasteiger partial charge < -0.3 is 9.05 Å². The van der Waals surface area contributed by atoms with Crippen molar-refractivity contribution in [3.63, 3.8) is 0 Å². The van der Waals surface area contributed by atoms with E-state index in [0.717, 1.165) is 11.1 Å². The van der Waals surface area contributed by atoms with Crippen molar-refractivity contribution in [2.24, 2.45) is 0 Å². The monoisotopic (exact) mass is 298 g/mol. The molecule has 0 aliphatic rings. The Morgan fingerprint density at radius 3 is 1.50 bits per heavy atom. The van der Waals surface area contributed by atoms with Gasteiger partial charge in [0.25, 0.3) is 0 Å². The van der Waals surface area contributed by atoms with Crippen LogP contribution in [-0.4, -0.2) is 0 Å². The van der Waals surface area contributed by atoms with Crippen LogP contribution in [0.4, 0.5) is 0 Å². The number of benzene rings is 2. The smallest absolute Gasteiger partial charge is 0.350 e. The molecule has 0 bridgehead atoms. The van der Waals surface area contributed by atoms with Crippen LogP contribution in [0.3, 0.4) is 0 Å². The van der Waals surface area contributed by atoms with Gasteiger partial charge in [0.1, 0.15) is 0 Å². The van der Waals surface area contributed by atoms with Gasteiger partial charge in [0.05, 0.1) is 13.2 Å². The molecule has 0 spiro atoms. The van der Waals surface area contributed by atoms with Crippen LogP contribution in [0.15, 0.2) is 60.7 Å². The van der Waals surface area contributed by atoms with E-state index in [0.29, 0.717) is 13.2 Å². The molecule has 0 amide bonds. The maximum Gasteiger partial charge on any atom is 1.00 e. The molecule has 100 valence electrons. The van der Waals surface area contributed by atoms with E-state index in [9.17, 15) is 0 Å². The van der Waals surface area contributed by atoms with Crippen LogP contribution < -0.4 is 18.9 Å². The summed E-state index contributed by atoms with van der Waals surface area (Å²) in [6.45, 7) is 2.32. The Morgan fingerprint density at radius 2 is 1.15 bits per heavy atom. The third kappa shape index (κ3) is 6.37. The largest absolute Gasteiger partial charge is 1.00 e. The van der Waals surface area contributed by atoms with Crippen LogP contribution in [-0.2, 0) is 34.1 Å². The Morgan fingerprint density at radius 1 is 0.800 bits per heavy atom. The number of hydrogen-bond acceptors (Lipinski definition) is 3. The first-order valence-corrected chi connectivity index (χ1v) is 8.79. The topological polar surface area (TPSA) is 18.5 Å². The summed E-state index contributed by atoms with van der Waals surface area (Å²) >= 11 is 5.30. The van der Waals surface area contributed by atoms with Gasteiger partial charge in [0, 0.05) is 6.49 Å². The minimum atomic E-state index is -2.44. The molecule has 2 aromatic carbocycles. The quantitative estimate of drug-likeness (QED) is 0.458. The van der Waals surface area contributed by atoms with Crippen molar-refractivity contribution in [1.82, 2.24) is 0 Å². The van der Waals surface area contributed by atoms with Gasteiger partial charge >= 0.3 is 18.9 Å². The van der Waals surface area contributed by atoms with E-state index < -0.39 is 6.49 Å². The molecule has 0 aliphatic carbocycles. The van der Waals surface area contributed by atoms with E-state index >= 15 is 0 Å². The van der Waals surface area contributed by atoms with Crippen molar-refractivity contribution in [1.29, 1.82) is 0 Å².